The maximum Gasteiger partial charge on any atom is 0.310 e. The van der Waals surface area contributed by atoms with Crippen molar-refractivity contribution in [1.29, 1.82) is 0 Å². The molecule has 5 nitrogen and oxygen atoms in total. The van der Waals surface area contributed by atoms with Gasteiger partial charge in [-0.05, 0) is 111 Å². The molecule has 1 heterocycles. The fourth-order valence-corrected chi connectivity index (χ4v) is 11.6. The summed E-state index contributed by atoms with van der Waals surface area (Å²) in [6.07, 6.45) is 10.3. The van der Waals surface area contributed by atoms with Gasteiger partial charge in [-0.25, -0.2) is 0 Å². The monoisotopic (exact) mass is 528 g/mol. The van der Waals surface area contributed by atoms with Crippen molar-refractivity contribution >= 4 is 5.97 Å². The van der Waals surface area contributed by atoms with Crippen LogP contribution in [-0.4, -0.2) is 40.8 Å². The van der Waals surface area contributed by atoms with E-state index in [0.29, 0.717) is 18.4 Å². The number of aliphatic hydroxyl groups is 1. The molecule has 4 saturated carbocycles. The van der Waals surface area contributed by atoms with Crippen LogP contribution < -0.4 is 0 Å². The zero-order valence-corrected chi connectivity index (χ0v) is 25.2. The highest BCUT2D eigenvalue weighted by Gasteiger charge is 2.71. The maximum absolute atomic E-state index is 12.9. The van der Waals surface area contributed by atoms with E-state index in [9.17, 15) is 15.0 Å². The van der Waals surface area contributed by atoms with Gasteiger partial charge in [-0.2, -0.15) is 0 Å². The van der Waals surface area contributed by atoms with Crippen LogP contribution in [-0.2, 0) is 14.3 Å². The summed E-state index contributed by atoms with van der Waals surface area (Å²) in [4.78, 5) is 12.9. The molecule has 0 amide bonds. The molecule has 38 heavy (non-hydrogen) atoms. The van der Waals surface area contributed by atoms with Gasteiger partial charge in [0, 0.05) is 5.41 Å². The molecule has 5 heteroatoms. The summed E-state index contributed by atoms with van der Waals surface area (Å²) in [5.41, 5.74) is 0.868. The highest BCUT2D eigenvalue weighted by Crippen LogP contribution is 2.76. The van der Waals surface area contributed by atoms with Crippen LogP contribution >= 0.6 is 0 Å². The van der Waals surface area contributed by atoms with E-state index in [4.69, 9.17) is 9.47 Å². The summed E-state index contributed by atoms with van der Waals surface area (Å²) < 4.78 is 12.7. The smallest absolute Gasteiger partial charge is 0.310 e. The molecule has 5 fully saturated rings. The predicted molar refractivity (Wildman–Crippen MR) is 147 cm³/mol. The van der Waals surface area contributed by atoms with Gasteiger partial charge in [0.05, 0.1) is 24.2 Å². The molecule has 0 spiro atoms. The van der Waals surface area contributed by atoms with Crippen LogP contribution in [0.2, 0.25) is 0 Å². The lowest BCUT2D eigenvalue weighted by molar-refractivity contribution is -0.368. The lowest BCUT2D eigenvalue weighted by Gasteiger charge is -2.72. The molecule has 1 unspecified atom stereocenters. The lowest BCUT2D eigenvalue weighted by Crippen LogP contribution is -2.70. The second kappa shape index (κ2) is 7.88. The van der Waals surface area contributed by atoms with Crippen LogP contribution in [0, 0.1) is 50.2 Å². The fraction of sp³-hybridized carbons (Fsp3) is 0.909. The number of ether oxygens (including phenoxy) is 2. The number of aliphatic carboxylic acids is 1. The van der Waals surface area contributed by atoms with Crippen molar-refractivity contribution in [3.63, 3.8) is 0 Å². The van der Waals surface area contributed by atoms with Gasteiger partial charge >= 0.3 is 5.97 Å². The van der Waals surface area contributed by atoms with Gasteiger partial charge in [-0.1, -0.05) is 53.2 Å². The topological polar surface area (TPSA) is 76.0 Å². The summed E-state index contributed by atoms with van der Waals surface area (Å²) >= 11 is 0. The zero-order valence-electron chi connectivity index (χ0n) is 25.2. The number of hydrogen-bond donors (Lipinski definition) is 2. The third kappa shape index (κ3) is 3.30. The number of allylic oxidation sites excluding steroid dienone is 2. The first kappa shape index (κ1) is 27.3. The van der Waals surface area contributed by atoms with Gasteiger partial charge in [0.25, 0.3) is 0 Å². The minimum atomic E-state index is -0.662. The molecule has 0 aromatic heterocycles. The first-order valence-electron chi connectivity index (χ1n) is 15.4. The molecule has 0 bridgehead atoms. The van der Waals surface area contributed by atoms with E-state index in [1.165, 1.54) is 5.57 Å². The van der Waals surface area contributed by atoms with E-state index in [1.807, 2.05) is 13.8 Å². The molecular weight excluding hydrogens is 476 g/mol. The van der Waals surface area contributed by atoms with Gasteiger partial charge in [-0.3, -0.25) is 4.79 Å². The van der Waals surface area contributed by atoms with Gasteiger partial charge in [0.1, 0.15) is 0 Å². The van der Waals surface area contributed by atoms with Crippen LogP contribution in [0.4, 0.5) is 0 Å². The molecule has 0 aromatic carbocycles. The Morgan fingerprint density at radius 3 is 2.26 bits per heavy atom. The minimum absolute atomic E-state index is 0.00874. The van der Waals surface area contributed by atoms with Crippen molar-refractivity contribution in [2.45, 2.75) is 131 Å². The van der Waals surface area contributed by atoms with Crippen molar-refractivity contribution < 1.29 is 24.5 Å². The van der Waals surface area contributed by atoms with Gasteiger partial charge in [0.2, 0.25) is 0 Å². The Hall–Kier alpha value is -0.910. The quantitative estimate of drug-likeness (QED) is 0.359. The van der Waals surface area contributed by atoms with E-state index >= 15 is 0 Å². The summed E-state index contributed by atoms with van der Waals surface area (Å²) in [6, 6.07) is 0. The van der Waals surface area contributed by atoms with Crippen LogP contribution in [0.5, 0.6) is 0 Å². The van der Waals surface area contributed by atoms with E-state index in [2.05, 4.69) is 47.6 Å². The van der Waals surface area contributed by atoms with Crippen LogP contribution in [0.15, 0.2) is 11.6 Å². The molecule has 5 aliphatic carbocycles. The average Bonchev–Trinajstić information content (AvgIpc) is 2.80. The molecule has 6 rings (SSSR count). The third-order valence-corrected chi connectivity index (χ3v) is 13.9. The summed E-state index contributed by atoms with van der Waals surface area (Å²) in [5, 5.41) is 22.2. The Morgan fingerprint density at radius 2 is 1.58 bits per heavy atom. The van der Waals surface area contributed by atoms with Crippen molar-refractivity contribution in [2.75, 3.05) is 6.61 Å². The molecular formula is C33H52O5. The number of carbonyl (C=O) groups is 1. The van der Waals surface area contributed by atoms with E-state index in [1.54, 1.807) is 0 Å². The molecule has 10 atom stereocenters. The Kier molecular flexibility index (Phi) is 5.66. The van der Waals surface area contributed by atoms with Crippen molar-refractivity contribution in [1.82, 2.24) is 0 Å². The molecule has 1 aliphatic heterocycles. The number of carboxylic acid groups (broad SMARTS) is 1. The molecule has 0 aromatic rings. The summed E-state index contributed by atoms with van der Waals surface area (Å²) in [5.74, 6) is -0.236. The maximum atomic E-state index is 12.9. The average molecular weight is 529 g/mol. The second-order valence-electron chi connectivity index (χ2n) is 16.7. The number of fused-ring (bicyclic) bond motifs is 9. The molecule has 6 aliphatic rings. The Balaban J connectivity index is 1.41. The van der Waals surface area contributed by atoms with Gasteiger partial charge in [-0.15, -0.1) is 0 Å². The summed E-state index contributed by atoms with van der Waals surface area (Å²) in [6.45, 7) is 19.0. The first-order chi connectivity index (χ1) is 17.4. The number of carboxylic acids is 1. The highest BCUT2D eigenvalue weighted by molar-refractivity contribution is 5.76. The van der Waals surface area contributed by atoms with Gasteiger partial charge in [0.15, 0.2) is 5.79 Å². The molecule has 0 radical (unpaired) electrons. The second-order valence-corrected chi connectivity index (χ2v) is 16.7. The minimum Gasteiger partial charge on any atom is -0.481 e. The Bertz CT molecular complexity index is 1060. The molecule has 2 N–H and O–H groups in total. The van der Waals surface area contributed by atoms with Crippen molar-refractivity contribution in [3.8, 4) is 0 Å². The van der Waals surface area contributed by atoms with Crippen LogP contribution in [0.3, 0.4) is 0 Å². The Morgan fingerprint density at radius 1 is 0.895 bits per heavy atom. The lowest BCUT2D eigenvalue weighted by atomic mass is 9.33. The third-order valence-electron chi connectivity index (χ3n) is 13.9. The molecule has 214 valence electrons. The van der Waals surface area contributed by atoms with Crippen molar-refractivity contribution in [2.24, 2.45) is 50.2 Å². The predicted octanol–water partition coefficient (Wildman–Crippen LogP) is 6.98. The first-order valence-corrected chi connectivity index (χ1v) is 15.4. The SMILES string of the molecule is CC1(C)CC[C@]2(C(=O)O)CC[C@]3(C)C(=CC[C@@H]4[C@@]5(C)C[C@@H](O)[C@@H]6OC(C)(C)OC[C@@]6(C)[C@@H]5CC[C@]43C)C2C1. The summed E-state index contributed by atoms with van der Waals surface area (Å²) in [7, 11) is 0. The zero-order chi connectivity index (χ0) is 27.7. The highest BCUT2D eigenvalue weighted by atomic mass is 16.7. The molecule has 1 saturated heterocycles. The van der Waals surface area contributed by atoms with E-state index in [-0.39, 0.29) is 39.1 Å². The standard InChI is InChI=1S/C33H52O5/c1-27(2)13-15-33(26(35)36)16-14-31(7)20(21(33)17-27)9-10-24-29(5)18-22(34)25-30(6,19-37-28(3,4)38-25)23(29)11-12-32(24,31)8/h9,21-25,34H,10-19H2,1-8H3,(H,35,36)/t21?,22-,23-,24-,25+,29+,30+,31-,32-,33+/m1/s1. The van der Waals surface area contributed by atoms with Crippen LogP contribution in [0.1, 0.15) is 113 Å². The van der Waals surface area contributed by atoms with E-state index in [0.717, 1.165) is 57.8 Å². The van der Waals surface area contributed by atoms with Crippen LogP contribution in [0.25, 0.3) is 0 Å². The largest absolute Gasteiger partial charge is 0.481 e. The number of aliphatic hydroxyl groups excluding tert-OH is 1. The number of hydrogen-bond acceptors (Lipinski definition) is 4. The normalized spacial score (nSPS) is 54.8. The number of rotatable bonds is 1. The van der Waals surface area contributed by atoms with E-state index < -0.39 is 23.3 Å². The Labute approximate surface area is 230 Å². The van der Waals surface area contributed by atoms with Crippen molar-refractivity contribution in [3.05, 3.63) is 11.6 Å². The fourth-order valence-electron chi connectivity index (χ4n) is 11.6. The van der Waals surface area contributed by atoms with Gasteiger partial charge < -0.3 is 19.7 Å².